The van der Waals surface area contributed by atoms with Crippen molar-refractivity contribution in [2.75, 3.05) is 33.2 Å². The van der Waals surface area contributed by atoms with Gasteiger partial charge in [-0.25, -0.2) is 9.50 Å². The predicted molar refractivity (Wildman–Crippen MR) is 123 cm³/mol. The number of rotatable bonds is 6. The van der Waals surface area contributed by atoms with Gasteiger partial charge < -0.3 is 9.80 Å². The fourth-order valence-corrected chi connectivity index (χ4v) is 4.37. The Hall–Kier alpha value is -2.73. The molecule has 1 aromatic carbocycles. The maximum Gasteiger partial charge on any atom is 0.222 e. The molecule has 31 heavy (non-hydrogen) atoms. The van der Waals surface area contributed by atoms with Crippen LogP contribution in [-0.4, -0.2) is 63.5 Å². The molecule has 164 valence electrons. The minimum atomic E-state index is 0.271. The molecule has 4 rings (SSSR count). The van der Waals surface area contributed by atoms with Crippen LogP contribution in [0, 0.1) is 13.8 Å². The highest BCUT2D eigenvalue weighted by Crippen LogP contribution is 2.21. The van der Waals surface area contributed by atoms with E-state index in [0.717, 1.165) is 68.2 Å². The van der Waals surface area contributed by atoms with E-state index in [4.69, 9.17) is 10.1 Å². The second-order valence-electron chi connectivity index (χ2n) is 8.73. The number of likely N-dealkylation sites (N-methyl/N-ethyl adjacent to an activating group) is 1. The summed E-state index contributed by atoms with van der Waals surface area (Å²) in [6.07, 6.45) is 3.09. The summed E-state index contributed by atoms with van der Waals surface area (Å²) in [5.74, 6) is 0.271. The monoisotopic (exact) mass is 419 g/mol. The molecular weight excluding hydrogens is 386 g/mol. The summed E-state index contributed by atoms with van der Waals surface area (Å²) in [6.45, 7) is 9.90. The van der Waals surface area contributed by atoms with Gasteiger partial charge in [-0.3, -0.25) is 4.79 Å². The molecule has 3 heterocycles. The number of amides is 1. The number of aryl methyl sites for hydroxylation is 4. The van der Waals surface area contributed by atoms with Crippen molar-refractivity contribution in [1.29, 1.82) is 0 Å². The molecule has 6 heteroatoms. The van der Waals surface area contributed by atoms with E-state index in [1.165, 1.54) is 16.7 Å². The lowest BCUT2D eigenvalue weighted by atomic mass is 10.0. The maximum atomic E-state index is 12.5. The number of hydrogen-bond acceptors (Lipinski definition) is 4. The molecule has 0 unspecified atom stereocenters. The first-order valence-corrected chi connectivity index (χ1v) is 11.3. The Morgan fingerprint density at radius 2 is 1.71 bits per heavy atom. The average molecular weight is 420 g/mol. The Bertz CT molecular complexity index is 1060. The zero-order valence-electron chi connectivity index (χ0n) is 19.2. The highest BCUT2D eigenvalue weighted by molar-refractivity contribution is 5.76. The van der Waals surface area contributed by atoms with E-state index in [2.05, 4.69) is 56.1 Å². The van der Waals surface area contributed by atoms with Gasteiger partial charge in [-0.05, 0) is 50.9 Å². The van der Waals surface area contributed by atoms with E-state index in [9.17, 15) is 4.79 Å². The fraction of sp³-hybridized carbons (Fsp3) is 0.480. The molecule has 1 saturated heterocycles. The number of benzene rings is 1. The van der Waals surface area contributed by atoms with Crippen molar-refractivity contribution in [3.8, 4) is 0 Å². The third-order valence-corrected chi connectivity index (χ3v) is 6.30. The molecule has 0 aliphatic carbocycles. The fourth-order valence-electron chi connectivity index (χ4n) is 4.37. The van der Waals surface area contributed by atoms with Crippen molar-refractivity contribution in [1.82, 2.24) is 24.4 Å². The second kappa shape index (κ2) is 9.18. The summed E-state index contributed by atoms with van der Waals surface area (Å²) in [6, 6.07) is 10.8. The molecule has 0 saturated carbocycles. The lowest BCUT2D eigenvalue weighted by Crippen LogP contribution is -2.47. The van der Waals surface area contributed by atoms with Crippen LogP contribution in [0.3, 0.4) is 0 Å². The van der Waals surface area contributed by atoms with E-state index in [1.807, 2.05) is 16.3 Å². The molecule has 0 atom stereocenters. The normalized spacial score (nSPS) is 15.0. The van der Waals surface area contributed by atoms with E-state index < -0.39 is 0 Å². The first-order valence-electron chi connectivity index (χ1n) is 11.3. The minimum Gasteiger partial charge on any atom is -0.340 e. The van der Waals surface area contributed by atoms with E-state index in [1.54, 1.807) is 0 Å². The van der Waals surface area contributed by atoms with Crippen molar-refractivity contribution in [3.05, 3.63) is 64.1 Å². The molecule has 1 aliphatic rings. The SMILES string of the molecule is CCc1nn2c(C)cc(C)nc2c1Cc1ccc(CCC(=O)N2CCN(C)CC2)cc1. The summed E-state index contributed by atoms with van der Waals surface area (Å²) >= 11 is 0. The maximum absolute atomic E-state index is 12.5. The predicted octanol–water partition coefficient (Wildman–Crippen LogP) is 3.21. The summed E-state index contributed by atoms with van der Waals surface area (Å²) in [5, 5.41) is 4.79. The summed E-state index contributed by atoms with van der Waals surface area (Å²) in [5.41, 5.74) is 7.90. The van der Waals surface area contributed by atoms with Gasteiger partial charge in [0.25, 0.3) is 0 Å². The Morgan fingerprint density at radius 1 is 1.03 bits per heavy atom. The van der Waals surface area contributed by atoms with Gasteiger partial charge in [-0.2, -0.15) is 5.10 Å². The first kappa shape index (κ1) is 21.5. The number of fused-ring (bicyclic) bond motifs is 1. The summed E-state index contributed by atoms with van der Waals surface area (Å²) in [4.78, 5) is 21.5. The van der Waals surface area contributed by atoms with Crippen LogP contribution >= 0.6 is 0 Å². The molecule has 0 bridgehead atoms. The molecule has 1 aliphatic heterocycles. The van der Waals surface area contributed by atoms with Crippen LogP contribution in [0.5, 0.6) is 0 Å². The third-order valence-electron chi connectivity index (χ3n) is 6.30. The Kier molecular flexibility index (Phi) is 6.37. The van der Waals surface area contributed by atoms with Crippen molar-refractivity contribution in [3.63, 3.8) is 0 Å². The van der Waals surface area contributed by atoms with Gasteiger partial charge in [0.05, 0.1) is 5.69 Å². The molecule has 6 nitrogen and oxygen atoms in total. The number of aromatic nitrogens is 3. The molecule has 1 amide bonds. The molecule has 3 aromatic rings. The number of carbonyl (C=O) groups is 1. The lowest BCUT2D eigenvalue weighted by molar-refractivity contribution is -0.132. The first-order chi connectivity index (χ1) is 14.9. The summed E-state index contributed by atoms with van der Waals surface area (Å²) < 4.78 is 1.97. The number of hydrogen-bond donors (Lipinski definition) is 0. The van der Waals surface area contributed by atoms with E-state index in [0.29, 0.717) is 6.42 Å². The largest absolute Gasteiger partial charge is 0.340 e. The highest BCUT2D eigenvalue weighted by Gasteiger charge is 2.19. The van der Waals surface area contributed by atoms with E-state index >= 15 is 0 Å². The van der Waals surface area contributed by atoms with Crippen LogP contribution in [0.25, 0.3) is 5.65 Å². The van der Waals surface area contributed by atoms with Crippen molar-refractivity contribution in [2.45, 2.75) is 46.5 Å². The van der Waals surface area contributed by atoms with Crippen LogP contribution in [0.2, 0.25) is 0 Å². The third kappa shape index (κ3) is 4.79. The molecular formula is C25H33N5O. The van der Waals surface area contributed by atoms with Gasteiger partial charge in [0, 0.05) is 56.0 Å². The van der Waals surface area contributed by atoms with Crippen LogP contribution in [0.15, 0.2) is 30.3 Å². The van der Waals surface area contributed by atoms with Gasteiger partial charge >= 0.3 is 0 Å². The number of carbonyl (C=O) groups excluding carboxylic acids is 1. The standard InChI is InChI=1S/C25H33N5O/c1-5-23-22(25-26-18(2)16-19(3)30(25)27-23)17-21-8-6-20(7-9-21)10-11-24(31)29-14-12-28(4)13-15-29/h6-9,16H,5,10-15,17H2,1-4H3. The Labute approximate surface area is 184 Å². The van der Waals surface area contributed by atoms with E-state index in [-0.39, 0.29) is 5.91 Å². The molecule has 0 radical (unpaired) electrons. The van der Waals surface area contributed by atoms with Crippen molar-refractivity contribution >= 4 is 11.6 Å². The Balaban J connectivity index is 1.43. The van der Waals surface area contributed by atoms with Gasteiger partial charge in [-0.15, -0.1) is 0 Å². The number of nitrogens with zero attached hydrogens (tertiary/aromatic N) is 5. The van der Waals surface area contributed by atoms with Crippen LogP contribution in [0.4, 0.5) is 0 Å². The summed E-state index contributed by atoms with van der Waals surface area (Å²) in [7, 11) is 2.11. The van der Waals surface area contributed by atoms with Crippen LogP contribution < -0.4 is 0 Å². The minimum absolute atomic E-state index is 0.271. The second-order valence-corrected chi connectivity index (χ2v) is 8.73. The molecule has 2 aromatic heterocycles. The Morgan fingerprint density at radius 3 is 2.39 bits per heavy atom. The van der Waals surface area contributed by atoms with Gasteiger partial charge in [0.1, 0.15) is 0 Å². The van der Waals surface area contributed by atoms with Crippen molar-refractivity contribution in [2.24, 2.45) is 0 Å². The average Bonchev–Trinajstić information content (AvgIpc) is 3.11. The van der Waals surface area contributed by atoms with Crippen LogP contribution in [-0.2, 0) is 24.1 Å². The highest BCUT2D eigenvalue weighted by atomic mass is 16.2. The quantitative estimate of drug-likeness (QED) is 0.616. The zero-order chi connectivity index (χ0) is 22.0. The lowest BCUT2D eigenvalue weighted by Gasteiger charge is -2.32. The topological polar surface area (TPSA) is 53.7 Å². The molecule has 0 N–H and O–H groups in total. The smallest absolute Gasteiger partial charge is 0.222 e. The molecule has 1 fully saturated rings. The molecule has 0 spiro atoms. The van der Waals surface area contributed by atoms with Gasteiger partial charge in [0.2, 0.25) is 5.91 Å². The van der Waals surface area contributed by atoms with Crippen LogP contribution in [0.1, 0.15) is 47.1 Å². The van der Waals surface area contributed by atoms with Crippen molar-refractivity contribution < 1.29 is 4.79 Å². The zero-order valence-corrected chi connectivity index (χ0v) is 19.2. The van der Waals surface area contributed by atoms with Gasteiger partial charge in [-0.1, -0.05) is 31.2 Å². The number of piperazine rings is 1. The van der Waals surface area contributed by atoms with Gasteiger partial charge in [0.15, 0.2) is 5.65 Å².